The molecule has 0 aliphatic heterocycles. The predicted molar refractivity (Wildman–Crippen MR) is 137 cm³/mol. The van der Waals surface area contributed by atoms with Gasteiger partial charge >= 0.3 is 0 Å². The Hall–Kier alpha value is -1.85. The number of benzene rings is 1. The molecule has 1 aromatic carbocycles. The second-order valence-electron chi connectivity index (χ2n) is 9.18. The van der Waals surface area contributed by atoms with Gasteiger partial charge in [-0.3, -0.25) is 9.59 Å². The van der Waals surface area contributed by atoms with E-state index in [1.165, 1.54) is 0 Å². The molecule has 0 radical (unpaired) electrons. The second kappa shape index (κ2) is 16.7. The molecule has 1 aromatic rings. The minimum Gasteiger partial charge on any atom is -0.390 e. The van der Waals surface area contributed by atoms with Gasteiger partial charge in [0.15, 0.2) is 11.2 Å². The second-order valence-corrected chi connectivity index (χ2v) is 10.5. The zero-order valence-electron chi connectivity index (χ0n) is 21.3. The van der Waals surface area contributed by atoms with Gasteiger partial charge < -0.3 is 20.6 Å². The normalized spacial score (nSPS) is 14.3. The fraction of sp³-hybridized carbons (Fsp3) is 0.667. The Balaban J connectivity index is 2.88. The van der Waals surface area contributed by atoms with Gasteiger partial charge in [-0.05, 0) is 38.4 Å². The fourth-order valence-electron chi connectivity index (χ4n) is 3.31. The van der Waals surface area contributed by atoms with Crippen LogP contribution in [0.2, 0.25) is 0 Å². The maximum absolute atomic E-state index is 12.8. The topological polar surface area (TPSA) is 114 Å². The average molecular weight is 498 g/mol. The number of likely N-dealkylation sites (N-methyl/N-ethyl adjacent to an activating group) is 1. The first-order chi connectivity index (χ1) is 16.1. The van der Waals surface area contributed by atoms with Crippen LogP contribution in [0.3, 0.4) is 0 Å². The highest BCUT2D eigenvalue weighted by molar-refractivity contribution is 7.80. The third-order valence-electron chi connectivity index (χ3n) is 4.97. The van der Waals surface area contributed by atoms with E-state index in [1.807, 2.05) is 44.2 Å². The number of aliphatic hydroxyl groups is 1. The van der Waals surface area contributed by atoms with Gasteiger partial charge in [0.1, 0.15) is 0 Å². The van der Waals surface area contributed by atoms with Crippen molar-refractivity contribution in [3.8, 4) is 0 Å². The largest absolute Gasteiger partial charge is 0.390 e. The summed E-state index contributed by atoms with van der Waals surface area (Å²) in [6, 6.07) is 8.97. The standard InChI is InChI=1S/C24H43N5O4S/c1-6-7-13-26-34(33)29(16-19(2)3)17-22(30)21(14-20-11-9-8-10-12-20)27-23(31)15-25-24(32)18-28(4)5/h8-12,19,21-22,26,30H,6-7,13-18H2,1-5H3,(H,25,32)(H,27,31). The van der Waals surface area contributed by atoms with Crippen molar-refractivity contribution in [2.24, 2.45) is 5.92 Å². The lowest BCUT2D eigenvalue weighted by atomic mass is 10.0. The highest BCUT2D eigenvalue weighted by Gasteiger charge is 2.27. The van der Waals surface area contributed by atoms with Gasteiger partial charge in [-0.2, -0.15) is 0 Å². The molecule has 4 N–H and O–H groups in total. The molecule has 0 aliphatic carbocycles. The summed E-state index contributed by atoms with van der Waals surface area (Å²) in [5.41, 5.74) is 0.959. The van der Waals surface area contributed by atoms with Crippen LogP contribution in [-0.2, 0) is 27.2 Å². The van der Waals surface area contributed by atoms with Gasteiger partial charge in [-0.25, -0.2) is 13.2 Å². The summed E-state index contributed by atoms with van der Waals surface area (Å²) in [6.45, 7) is 7.44. The predicted octanol–water partition coefficient (Wildman–Crippen LogP) is 0.679. The van der Waals surface area contributed by atoms with Crippen molar-refractivity contribution in [2.45, 2.75) is 52.2 Å². The number of nitrogens with zero attached hydrogens (tertiary/aromatic N) is 2. The molecule has 0 fully saturated rings. The Kier molecular flexibility index (Phi) is 14.8. The molecule has 0 bridgehead atoms. The number of aliphatic hydroxyl groups excluding tert-OH is 1. The molecule has 34 heavy (non-hydrogen) atoms. The summed E-state index contributed by atoms with van der Waals surface area (Å²) >= 11 is -1.44. The van der Waals surface area contributed by atoms with Crippen molar-refractivity contribution in [1.29, 1.82) is 0 Å². The van der Waals surface area contributed by atoms with E-state index >= 15 is 0 Å². The summed E-state index contributed by atoms with van der Waals surface area (Å²) in [6.07, 6.45) is 1.35. The van der Waals surface area contributed by atoms with Crippen LogP contribution in [0.25, 0.3) is 0 Å². The number of carbonyl (C=O) groups is 2. The molecule has 2 amide bonds. The third kappa shape index (κ3) is 13.1. The van der Waals surface area contributed by atoms with Gasteiger partial charge in [0, 0.05) is 19.6 Å². The molecule has 0 aromatic heterocycles. The molecular weight excluding hydrogens is 454 g/mol. The lowest BCUT2D eigenvalue weighted by molar-refractivity contribution is -0.127. The number of hydrogen-bond acceptors (Lipinski definition) is 5. The molecule has 9 nitrogen and oxygen atoms in total. The number of unbranched alkanes of at least 4 members (excludes halogenated alkanes) is 1. The van der Waals surface area contributed by atoms with Crippen LogP contribution in [0.4, 0.5) is 0 Å². The van der Waals surface area contributed by atoms with Gasteiger partial charge in [0.05, 0.1) is 25.2 Å². The molecule has 1 rings (SSSR count). The Morgan fingerprint density at radius 1 is 1.09 bits per heavy atom. The zero-order chi connectivity index (χ0) is 25.5. The first kappa shape index (κ1) is 30.2. The third-order valence-corrected chi connectivity index (χ3v) is 6.18. The SMILES string of the molecule is CCCCNS(=O)N(CC(C)C)CC(O)C(Cc1ccccc1)NC(=O)CNC(=O)CN(C)C. The van der Waals surface area contributed by atoms with E-state index in [-0.39, 0.29) is 37.4 Å². The number of nitrogens with one attached hydrogen (secondary N) is 3. The maximum atomic E-state index is 12.8. The van der Waals surface area contributed by atoms with E-state index in [4.69, 9.17) is 0 Å². The van der Waals surface area contributed by atoms with Gasteiger partial charge in [-0.1, -0.05) is 57.5 Å². The Morgan fingerprint density at radius 2 is 1.76 bits per heavy atom. The van der Waals surface area contributed by atoms with Crippen LogP contribution in [-0.4, -0.2) is 89.3 Å². The summed E-state index contributed by atoms with van der Waals surface area (Å²) in [7, 11) is 3.55. The Labute approximate surface area is 207 Å². The molecule has 0 saturated heterocycles. The van der Waals surface area contributed by atoms with Crippen molar-refractivity contribution in [3.05, 3.63) is 35.9 Å². The molecular formula is C24H43N5O4S. The quantitative estimate of drug-likeness (QED) is 0.236. The van der Waals surface area contributed by atoms with Crippen LogP contribution < -0.4 is 15.4 Å². The summed E-state index contributed by atoms with van der Waals surface area (Å²) in [4.78, 5) is 26.2. The number of rotatable bonds is 17. The van der Waals surface area contributed by atoms with Crippen molar-refractivity contribution < 1.29 is 18.9 Å². The van der Waals surface area contributed by atoms with Crippen LogP contribution in [0, 0.1) is 5.92 Å². The van der Waals surface area contributed by atoms with Gasteiger partial charge in [-0.15, -0.1) is 0 Å². The van der Waals surface area contributed by atoms with E-state index in [2.05, 4.69) is 22.3 Å². The molecule has 0 aliphatic rings. The first-order valence-corrected chi connectivity index (χ1v) is 13.1. The van der Waals surface area contributed by atoms with Crippen molar-refractivity contribution in [3.63, 3.8) is 0 Å². The first-order valence-electron chi connectivity index (χ1n) is 11.9. The van der Waals surface area contributed by atoms with Crippen LogP contribution >= 0.6 is 0 Å². The average Bonchev–Trinajstić information content (AvgIpc) is 2.76. The fourth-order valence-corrected chi connectivity index (χ4v) is 4.53. The molecule has 0 saturated carbocycles. The molecule has 3 atom stereocenters. The highest BCUT2D eigenvalue weighted by Crippen LogP contribution is 2.10. The number of amides is 2. The Bertz CT molecular complexity index is 748. The van der Waals surface area contributed by atoms with E-state index in [0.717, 1.165) is 18.4 Å². The van der Waals surface area contributed by atoms with Crippen molar-refractivity contribution in [2.75, 3.05) is 46.8 Å². The highest BCUT2D eigenvalue weighted by atomic mass is 32.2. The van der Waals surface area contributed by atoms with E-state index in [9.17, 15) is 18.9 Å². The molecule has 194 valence electrons. The molecule has 0 heterocycles. The van der Waals surface area contributed by atoms with Crippen LogP contribution in [0.15, 0.2) is 30.3 Å². The van der Waals surface area contributed by atoms with E-state index in [0.29, 0.717) is 19.5 Å². The lowest BCUT2D eigenvalue weighted by Crippen LogP contribution is -2.53. The van der Waals surface area contributed by atoms with Gasteiger partial charge in [0.25, 0.3) is 0 Å². The van der Waals surface area contributed by atoms with Crippen molar-refractivity contribution >= 4 is 23.0 Å². The van der Waals surface area contributed by atoms with Crippen molar-refractivity contribution in [1.82, 2.24) is 24.6 Å². The molecule has 3 unspecified atom stereocenters. The minimum absolute atomic E-state index is 0.134. The van der Waals surface area contributed by atoms with Crippen LogP contribution in [0.5, 0.6) is 0 Å². The summed E-state index contributed by atoms with van der Waals surface area (Å²) < 4.78 is 17.6. The monoisotopic (exact) mass is 497 g/mol. The molecule has 0 spiro atoms. The smallest absolute Gasteiger partial charge is 0.239 e. The minimum atomic E-state index is -1.44. The van der Waals surface area contributed by atoms with E-state index < -0.39 is 23.3 Å². The van der Waals surface area contributed by atoms with E-state index in [1.54, 1.807) is 23.3 Å². The summed E-state index contributed by atoms with van der Waals surface area (Å²) in [5, 5.41) is 16.6. The maximum Gasteiger partial charge on any atom is 0.239 e. The zero-order valence-corrected chi connectivity index (χ0v) is 22.1. The summed E-state index contributed by atoms with van der Waals surface area (Å²) in [5.74, 6) is -0.389. The van der Waals surface area contributed by atoms with Crippen LogP contribution in [0.1, 0.15) is 39.2 Å². The molecule has 10 heteroatoms. The van der Waals surface area contributed by atoms with Gasteiger partial charge in [0.2, 0.25) is 11.8 Å². The number of carbonyl (C=O) groups excluding carboxylic acids is 2. The Morgan fingerprint density at radius 3 is 2.35 bits per heavy atom. The number of hydrogen-bond donors (Lipinski definition) is 4. The lowest BCUT2D eigenvalue weighted by Gasteiger charge is -2.30.